The maximum atomic E-state index is 12.2. The van der Waals surface area contributed by atoms with Crippen LogP contribution in [0.2, 0.25) is 0 Å². The molecule has 1 aliphatic carbocycles. The summed E-state index contributed by atoms with van der Waals surface area (Å²) in [7, 11) is 0. The molecule has 162 valence electrons. The molecule has 1 unspecified atom stereocenters. The van der Waals surface area contributed by atoms with E-state index in [0.29, 0.717) is 18.5 Å². The molecule has 2 aromatic heterocycles. The number of anilines is 2. The highest BCUT2D eigenvalue weighted by molar-refractivity contribution is 5.87. The predicted molar refractivity (Wildman–Crippen MR) is 123 cm³/mol. The number of hydrogen-bond donors (Lipinski definition) is 3. The fourth-order valence-electron chi connectivity index (χ4n) is 4.99. The Balaban J connectivity index is 1.24. The molecule has 3 N–H and O–H groups in total. The summed E-state index contributed by atoms with van der Waals surface area (Å²) in [6.45, 7) is 2.26. The molecule has 1 saturated heterocycles. The molecule has 3 heterocycles. The number of aromatic amines is 1. The second kappa shape index (κ2) is 8.96. The van der Waals surface area contributed by atoms with E-state index in [1.807, 2.05) is 12.3 Å². The molecule has 0 radical (unpaired) electrons. The molecule has 1 atom stereocenters. The Morgan fingerprint density at radius 1 is 1.13 bits per heavy atom. The monoisotopic (exact) mass is 418 g/mol. The summed E-state index contributed by atoms with van der Waals surface area (Å²) in [5, 5.41) is 7.53. The molecule has 1 amide bonds. The first kappa shape index (κ1) is 19.8. The molecular weight excluding hydrogens is 388 g/mol. The lowest BCUT2D eigenvalue weighted by molar-refractivity contribution is -0.120. The van der Waals surface area contributed by atoms with E-state index in [9.17, 15) is 4.79 Å². The maximum Gasteiger partial charge on any atom is 0.239 e. The Hall–Kier alpha value is -3.09. The third-order valence-electron chi connectivity index (χ3n) is 6.59. The van der Waals surface area contributed by atoms with Crippen LogP contribution >= 0.6 is 0 Å². The van der Waals surface area contributed by atoms with Crippen LogP contribution in [0.15, 0.2) is 42.9 Å². The molecular formula is C24H30N6O. The Kier molecular flexibility index (Phi) is 5.74. The van der Waals surface area contributed by atoms with Crippen LogP contribution in [-0.4, -0.2) is 46.5 Å². The summed E-state index contributed by atoms with van der Waals surface area (Å²) < 4.78 is 0. The third kappa shape index (κ3) is 4.50. The van der Waals surface area contributed by atoms with Crippen LogP contribution in [0.25, 0.3) is 11.0 Å². The Morgan fingerprint density at radius 2 is 2.03 bits per heavy atom. The van der Waals surface area contributed by atoms with Crippen LogP contribution in [0, 0.1) is 0 Å². The van der Waals surface area contributed by atoms with Crippen molar-refractivity contribution < 1.29 is 4.79 Å². The van der Waals surface area contributed by atoms with E-state index in [-0.39, 0.29) is 5.91 Å². The zero-order chi connectivity index (χ0) is 21.0. The normalized spacial score (nSPS) is 19.6. The van der Waals surface area contributed by atoms with Gasteiger partial charge in [-0.1, -0.05) is 25.0 Å². The van der Waals surface area contributed by atoms with Crippen molar-refractivity contribution in [1.82, 2.24) is 20.3 Å². The van der Waals surface area contributed by atoms with Gasteiger partial charge in [-0.15, -0.1) is 0 Å². The standard InChI is InChI=1S/C24H30N6O/c31-22(29-19-7-1-2-8-19)14-26-20-9-3-5-17(13-20)18-6-4-12-30(15-18)24-21-10-11-25-23(21)27-16-28-24/h3,5,9-11,13,16,18-19,26H,1-2,4,6-8,12,14-15H2,(H,29,31)(H,25,27,28). The maximum absolute atomic E-state index is 12.2. The second-order valence-electron chi connectivity index (χ2n) is 8.75. The number of nitrogens with zero attached hydrogens (tertiary/aromatic N) is 3. The molecule has 1 saturated carbocycles. The lowest BCUT2D eigenvalue weighted by atomic mass is 9.90. The van der Waals surface area contributed by atoms with E-state index in [0.717, 1.165) is 61.3 Å². The summed E-state index contributed by atoms with van der Waals surface area (Å²) in [5.74, 6) is 1.53. The third-order valence-corrected chi connectivity index (χ3v) is 6.59. The topological polar surface area (TPSA) is 85.9 Å². The molecule has 1 aliphatic heterocycles. The highest BCUT2D eigenvalue weighted by atomic mass is 16.1. The molecule has 1 aromatic carbocycles. The minimum Gasteiger partial charge on any atom is -0.376 e. The SMILES string of the molecule is O=C(CNc1cccc(C2CCCN(c3ncnc4[nH]ccc34)C2)c1)NC1CCCC1. The van der Waals surface area contributed by atoms with Crippen LogP contribution in [0.4, 0.5) is 11.5 Å². The van der Waals surface area contributed by atoms with Gasteiger partial charge in [0.1, 0.15) is 17.8 Å². The number of carbonyl (C=O) groups excluding carboxylic acids is 1. The Morgan fingerprint density at radius 3 is 2.94 bits per heavy atom. The minimum atomic E-state index is 0.0837. The molecule has 5 rings (SSSR count). The first-order valence-electron chi connectivity index (χ1n) is 11.4. The van der Waals surface area contributed by atoms with Crippen molar-refractivity contribution >= 4 is 28.4 Å². The van der Waals surface area contributed by atoms with Crippen molar-refractivity contribution in [3.8, 4) is 0 Å². The van der Waals surface area contributed by atoms with Gasteiger partial charge in [0.25, 0.3) is 0 Å². The van der Waals surface area contributed by atoms with Crippen LogP contribution in [0.3, 0.4) is 0 Å². The van der Waals surface area contributed by atoms with Gasteiger partial charge in [0.05, 0.1) is 11.9 Å². The van der Waals surface area contributed by atoms with E-state index in [4.69, 9.17) is 0 Å². The van der Waals surface area contributed by atoms with E-state index in [1.165, 1.54) is 18.4 Å². The fraction of sp³-hybridized carbons (Fsp3) is 0.458. The zero-order valence-corrected chi connectivity index (χ0v) is 17.8. The van der Waals surface area contributed by atoms with E-state index < -0.39 is 0 Å². The minimum absolute atomic E-state index is 0.0837. The number of carbonyl (C=O) groups is 1. The van der Waals surface area contributed by atoms with Gasteiger partial charge in [-0.05, 0) is 49.4 Å². The number of piperidine rings is 1. The molecule has 7 nitrogen and oxygen atoms in total. The van der Waals surface area contributed by atoms with E-state index in [2.05, 4.69) is 54.8 Å². The summed E-state index contributed by atoms with van der Waals surface area (Å²) in [4.78, 5) is 26.7. The van der Waals surface area contributed by atoms with E-state index in [1.54, 1.807) is 6.33 Å². The Bertz CT molecular complexity index is 1040. The Labute approximate surface area is 182 Å². The zero-order valence-electron chi connectivity index (χ0n) is 17.8. The summed E-state index contributed by atoms with van der Waals surface area (Å²) in [6.07, 6.45) is 10.5. The lowest BCUT2D eigenvalue weighted by Gasteiger charge is -2.34. The highest BCUT2D eigenvalue weighted by Crippen LogP contribution is 2.32. The quantitative estimate of drug-likeness (QED) is 0.567. The number of amides is 1. The van der Waals surface area contributed by atoms with Gasteiger partial charge in [-0.3, -0.25) is 4.79 Å². The van der Waals surface area contributed by atoms with Gasteiger partial charge in [0, 0.05) is 36.9 Å². The summed E-state index contributed by atoms with van der Waals surface area (Å²) in [5.41, 5.74) is 3.20. The smallest absolute Gasteiger partial charge is 0.239 e. The molecule has 7 heteroatoms. The van der Waals surface area contributed by atoms with Gasteiger partial charge in [0.15, 0.2) is 0 Å². The predicted octanol–water partition coefficient (Wildman–Crippen LogP) is 3.81. The average Bonchev–Trinajstić information content (AvgIpc) is 3.50. The van der Waals surface area contributed by atoms with E-state index >= 15 is 0 Å². The number of nitrogens with one attached hydrogen (secondary N) is 3. The van der Waals surface area contributed by atoms with Crippen LogP contribution < -0.4 is 15.5 Å². The molecule has 31 heavy (non-hydrogen) atoms. The van der Waals surface area contributed by atoms with Crippen molar-refractivity contribution in [2.75, 3.05) is 29.9 Å². The van der Waals surface area contributed by atoms with Crippen molar-refractivity contribution in [2.45, 2.75) is 50.5 Å². The number of aromatic nitrogens is 3. The van der Waals surface area contributed by atoms with Crippen LogP contribution in [-0.2, 0) is 4.79 Å². The van der Waals surface area contributed by atoms with Crippen molar-refractivity contribution in [3.05, 3.63) is 48.4 Å². The summed E-state index contributed by atoms with van der Waals surface area (Å²) in [6, 6.07) is 10.9. The number of H-pyrrole nitrogens is 1. The van der Waals surface area contributed by atoms with Gasteiger partial charge < -0.3 is 20.5 Å². The van der Waals surface area contributed by atoms with Gasteiger partial charge >= 0.3 is 0 Å². The number of rotatable bonds is 6. The fourth-order valence-corrected chi connectivity index (χ4v) is 4.99. The average molecular weight is 419 g/mol. The first-order valence-corrected chi connectivity index (χ1v) is 11.4. The largest absolute Gasteiger partial charge is 0.376 e. The lowest BCUT2D eigenvalue weighted by Crippen LogP contribution is -2.36. The van der Waals surface area contributed by atoms with Gasteiger partial charge in [0.2, 0.25) is 5.91 Å². The van der Waals surface area contributed by atoms with Crippen molar-refractivity contribution in [2.24, 2.45) is 0 Å². The number of hydrogen-bond acceptors (Lipinski definition) is 5. The number of benzene rings is 1. The molecule has 0 spiro atoms. The molecule has 2 aliphatic rings. The van der Waals surface area contributed by atoms with Gasteiger partial charge in [-0.2, -0.15) is 0 Å². The van der Waals surface area contributed by atoms with Crippen LogP contribution in [0.5, 0.6) is 0 Å². The second-order valence-corrected chi connectivity index (χ2v) is 8.75. The first-order chi connectivity index (χ1) is 15.3. The summed E-state index contributed by atoms with van der Waals surface area (Å²) >= 11 is 0. The van der Waals surface area contributed by atoms with Crippen LogP contribution in [0.1, 0.15) is 50.0 Å². The van der Waals surface area contributed by atoms with Crippen molar-refractivity contribution in [3.63, 3.8) is 0 Å². The molecule has 2 fully saturated rings. The van der Waals surface area contributed by atoms with Gasteiger partial charge in [-0.25, -0.2) is 9.97 Å². The highest BCUT2D eigenvalue weighted by Gasteiger charge is 2.24. The molecule has 0 bridgehead atoms. The van der Waals surface area contributed by atoms with Crippen molar-refractivity contribution in [1.29, 1.82) is 0 Å². The molecule has 3 aromatic rings. The number of fused-ring (bicyclic) bond motifs is 1.